The van der Waals surface area contributed by atoms with Gasteiger partial charge in [-0.2, -0.15) is 0 Å². The third-order valence-corrected chi connectivity index (χ3v) is 2.95. The molecule has 5 nitrogen and oxygen atoms in total. The standard InChI is InChI=1S/C14H10O5/c1-18-10-5-7(15)6-11-12(10)13(17)8-3-2-4-9(16)14(8)19-11/h2-6,15-16H,1H3. The first kappa shape index (κ1) is 11.4. The summed E-state index contributed by atoms with van der Waals surface area (Å²) in [5.74, 6) is 0.0232. The SMILES string of the molecule is COc1cc(O)cc2oc3c(O)cccc3c(=O)c12. The molecule has 0 saturated carbocycles. The van der Waals surface area contributed by atoms with Crippen molar-refractivity contribution in [1.29, 1.82) is 0 Å². The summed E-state index contributed by atoms with van der Waals surface area (Å²) in [6, 6.07) is 7.20. The van der Waals surface area contributed by atoms with Crippen molar-refractivity contribution >= 4 is 21.9 Å². The summed E-state index contributed by atoms with van der Waals surface area (Å²) >= 11 is 0. The van der Waals surface area contributed by atoms with E-state index in [-0.39, 0.29) is 44.6 Å². The monoisotopic (exact) mass is 258 g/mol. The van der Waals surface area contributed by atoms with E-state index in [4.69, 9.17) is 9.15 Å². The van der Waals surface area contributed by atoms with Crippen molar-refractivity contribution in [2.75, 3.05) is 7.11 Å². The van der Waals surface area contributed by atoms with Gasteiger partial charge >= 0.3 is 0 Å². The van der Waals surface area contributed by atoms with Crippen LogP contribution in [0.3, 0.4) is 0 Å². The van der Waals surface area contributed by atoms with Crippen LogP contribution in [0.2, 0.25) is 0 Å². The third kappa shape index (κ3) is 1.59. The van der Waals surface area contributed by atoms with Gasteiger partial charge in [0, 0.05) is 12.1 Å². The highest BCUT2D eigenvalue weighted by Gasteiger charge is 2.15. The molecule has 0 saturated heterocycles. The summed E-state index contributed by atoms with van der Waals surface area (Å²) in [5.41, 5.74) is -0.0625. The van der Waals surface area contributed by atoms with Gasteiger partial charge in [0.05, 0.1) is 12.5 Å². The van der Waals surface area contributed by atoms with E-state index in [0.29, 0.717) is 0 Å². The number of benzene rings is 2. The average Bonchev–Trinajstić information content (AvgIpc) is 2.39. The van der Waals surface area contributed by atoms with Crippen molar-refractivity contribution in [3.8, 4) is 17.2 Å². The number of hydrogen-bond donors (Lipinski definition) is 2. The zero-order chi connectivity index (χ0) is 13.6. The molecule has 0 unspecified atom stereocenters. The van der Waals surface area contributed by atoms with Crippen molar-refractivity contribution in [3.05, 3.63) is 40.6 Å². The van der Waals surface area contributed by atoms with Crippen LogP contribution < -0.4 is 10.2 Å². The predicted octanol–water partition coefficient (Wildman–Crippen LogP) is 2.37. The average molecular weight is 258 g/mol. The topological polar surface area (TPSA) is 79.9 Å². The molecule has 2 N–H and O–H groups in total. The lowest BCUT2D eigenvalue weighted by molar-refractivity contribution is 0.411. The summed E-state index contributed by atoms with van der Waals surface area (Å²) in [6.07, 6.45) is 0. The molecule has 3 rings (SSSR count). The van der Waals surface area contributed by atoms with Crippen LogP contribution in [0.4, 0.5) is 0 Å². The van der Waals surface area contributed by atoms with E-state index >= 15 is 0 Å². The van der Waals surface area contributed by atoms with Gasteiger partial charge in [0.15, 0.2) is 11.3 Å². The molecule has 0 aliphatic heterocycles. The second kappa shape index (κ2) is 3.91. The quantitative estimate of drug-likeness (QED) is 0.655. The third-order valence-electron chi connectivity index (χ3n) is 2.95. The number of phenols is 2. The highest BCUT2D eigenvalue weighted by Crippen LogP contribution is 2.32. The Labute approximate surface area is 107 Å². The number of hydrogen-bond acceptors (Lipinski definition) is 5. The fourth-order valence-corrected chi connectivity index (χ4v) is 2.10. The minimum Gasteiger partial charge on any atom is -0.508 e. The molecule has 96 valence electrons. The molecular formula is C14H10O5. The van der Waals surface area contributed by atoms with Crippen LogP contribution in [0.5, 0.6) is 17.2 Å². The predicted molar refractivity (Wildman–Crippen MR) is 69.9 cm³/mol. The molecule has 0 atom stereocenters. The molecule has 5 heteroatoms. The fourth-order valence-electron chi connectivity index (χ4n) is 2.10. The van der Waals surface area contributed by atoms with Crippen LogP contribution in [0.25, 0.3) is 21.9 Å². The Kier molecular flexibility index (Phi) is 2.35. The summed E-state index contributed by atoms with van der Waals surface area (Å²) in [4.78, 5) is 12.4. The number of aromatic hydroxyl groups is 2. The fraction of sp³-hybridized carbons (Fsp3) is 0.0714. The molecule has 0 fully saturated rings. The first-order chi connectivity index (χ1) is 9.11. The van der Waals surface area contributed by atoms with E-state index in [0.717, 1.165) is 0 Å². The van der Waals surface area contributed by atoms with Gasteiger partial charge in [-0.1, -0.05) is 6.07 Å². The molecule has 0 spiro atoms. The molecule has 0 aliphatic carbocycles. The van der Waals surface area contributed by atoms with Gasteiger partial charge in [0.25, 0.3) is 0 Å². The Balaban J connectivity index is 2.62. The maximum Gasteiger partial charge on any atom is 0.204 e. The van der Waals surface area contributed by atoms with Crippen LogP contribution in [-0.2, 0) is 0 Å². The van der Waals surface area contributed by atoms with Gasteiger partial charge < -0.3 is 19.4 Å². The first-order valence-electron chi connectivity index (χ1n) is 5.57. The van der Waals surface area contributed by atoms with Gasteiger partial charge in [-0.3, -0.25) is 4.79 Å². The van der Waals surface area contributed by atoms with E-state index in [2.05, 4.69) is 0 Å². The second-order valence-corrected chi connectivity index (χ2v) is 4.11. The molecule has 1 aromatic heterocycles. The van der Waals surface area contributed by atoms with Crippen molar-refractivity contribution < 1.29 is 19.4 Å². The Hall–Kier alpha value is -2.69. The Morgan fingerprint density at radius 3 is 2.74 bits per heavy atom. The van der Waals surface area contributed by atoms with Crippen LogP contribution in [0.1, 0.15) is 0 Å². The van der Waals surface area contributed by atoms with Gasteiger partial charge in [-0.25, -0.2) is 0 Å². The Morgan fingerprint density at radius 2 is 2.00 bits per heavy atom. The van der Waals surface area contributed by atoms with Crippen LogP contribution >= 0.6 is 0 Å². The number of ether oxygens (including phenoxy) is 1. The maximum atomic E-state index is 12.4. The van der Waals surface area contributed by atoms with Crippen molar-refractivity contribution in [3.63, 3.8) is 0 Å². The molecule has 0 amide bonds. The van der Waals surface area contributed by atoms with Crippen LogP contribution in [0, 0.1) is 0 Å². The van der Waals surface area contributed by atoms with Gasteiger partial charge in [0.1, 0.15) is 22.5 Å². The lowest BCUT2D eigenvalue weighted by Gasteiger charge is -2.07. The molecule has 19 heavy (non-hydrogen) atoms. The molecular weight excluding hydrogens is 248 g/mol. The zero-order valence-electron chi connectivity index (χ0n) is 10.0. The zero-order valence-corrected chi connectivity index (χ0v) is 10.0. The Bertz CT molecular complexity index is 848. The molecule has 0 bridgehead atoms. The van der Waals surface area contributed by atoms with Crippen molar-refractivity contribution in [2.45, 2.75) is 0 Å². The smallest absolute Gasteiger partial charge is 0.204 e. The molecule has 1 heterocycles. The minimum absolute atomic E-state index is 0.0812. The van der Waals surface area contributed by atoms with E-state index in [1.165, 1.54) is 25.3 Å². The summed E-state index contributed by atoms with van der Waals surface area (Å²) in [6.45, 7) is 0. The Morgan fingerprint density at radius 1 is 1.21 bits per heavy atom. The summed E-state index contributed by atoms with van der Waals surface area (Å²) in [7, 11) is 1.40. The minimum atomic E-state index is -0.316. The number of rotatable bonds is 1. The maximum absolute atomic E-state index is 12.4. The number of para-hydroxylation sites is 1. The normalized spacial score (nSPS) is 11.0. The number of methoxy groups -OCH3 is 1. The summed E-state index contributed by atoms with van der Waals surface area (Å²) in [5, 5.41) is 19.8. The lowest BCUT2D eigenvalue weighted by Crippen LogP contribution is -2.04. The number of phenolic OH excluding ortho intramolecular Hbond substituents is 2. The highest BCUT2D eigenvalue weighted by molar-refractivity contribution is 5.95. The van der Waals surface area contributed by atoms with E-state index < -0.39 is 0 Å². The van der Waals surface area contributed by atoms with Crippen molar-refractivity contribution in [2.24, 2.45) is 0 Å². The van der Waals surface area contributed by atoms with Gasteiger partial charge in [-0.05, 0) is 12.1 Å². The first-order valence-corrected chi connectivity index (χ1v) is 5.57. The van der Waals surface area contributed by atoms with Crippen LogP contribution in [0.15, 0.2) is 39.5 Å². The highest BCUT2D eigenvalue weighted by atomic mass is 16.5. The van der Waals surface area contributed by atoms with E-state index in [9.17, 15) is 15.0 Å². The van der Waals surface area contributed by atoms with Crippen LogP contribution in [-0.4, -0.2) is 17.3 Å². The van der Waals surface area contributed by atoms with Gasteiger partial charge in [-0.15, -0.1) is 0 Å². The molecule has 3 aromatic rings. The van der Waals surface area contributed by atoms with E-state index in [1.807, 2.05) is 0 Å². The molecule has 0 aliphatic rings. The van der Waals surface area contributed by atoms with E-state index in [1.54, 1.807) is 12.1 Å². The van der Waals surface area contributed by atoms with Crippen molar-refractivity contribution in [1.82, 2.24) is 0 Å². The molecule has 2 aromatic carbocycles. The lowest BCUT2D eigenvalue weighted by atomic mass is 10.1. The van der Waals surface area contributed by atoms with Gasteiger partial charge in [0.2, 0.25) is 5.43 Å². The second-order valence-electron chi connectivity index (χ2n) is 4.11. The largest absolute Gasteiger partial charge is 0.508 e. The summed E-state index contributed by atoms with van der Waals surface area (Å²) < 4.78 is 10.6. The molecule has 0 radical (unpaired) electrons. The number of fused-ring (bicyclic) bond motifs is 2.